The van der Waals surface area contributed by atoms with Crippen molar-refractivity contribution in [1.29, 1.82) is 0 Å². The molecule has 0 spiro atoms. The van der Waals surface area contributed by atoms with Gasteiger partial charge < -0.3 is 10.6 Å². The summed E-state index contributed by atoms with van der Waals surface area (Å²) in [6, 6.07) is 1.68. The summed E-state index contributed by atoms with van der Waals surface area (Å²) < 4.78 is 0. The van der Waals surface area contributed by atoms with E-state index in [4.69, 9.17) is 17.3 Å². The van der Waals surface area contributed by atoms with Crippen LogP contribution >= 0.6 is 11.6 Å². The van der Waals surface area contributed by atoms with Crippen molar-refractivity contribution in [2.24, 2.45) is 0 Å². The lowest BCUT2D eigenvalue weighted by Crippen LogP contribution is -2.24. The highest BCUT2D eigenvalue weighted by molar-refractivity contribution is 6.30. The summed E-state index contributed by atoms with van der Waals surface area (Å²) in [7, 11) is 2.19. The van der Waals surface area contributed by atoms with Crippen molar-refractivity contribution in [2.45, 2.75) is 26.2 Å². The maximum Gasteiger partial charge on any atom is 0.154 e. The molecule has 0 saturated carbocycles. The fraction of sp³-hybridized carbons (Fsp3) is 0.636. The largest absolute Gasteiger partial charge is 0.382 e. The Hall–Kier alpha value is -0.870. The van der Waals surface area contributed by atoms with Gasteiger partial charge in [-0.15, -0.1) is 10.2 Å². The van der Waals surface area contributed by atoms with Gasteiger partial charge in [-0.25, -0.2) is 0 Å². The van der Waals surface area contributed by atoms with Crippen LogP contribution in [0.1, 0.15) is 24.8 Å². The van der Waals surface area contributed by atoms with Crippen LogP contribution in [0.4, 0.5) is 5.82 Å². The second-order valence-electron chi connectivity index (χ2n) is 4.11. The molecule has 0 unspecified atom stereocenters. The van der Waals surface area contributed by atoms with Crippen LogP contribution in [0.3, 0.4) is 0 Å². The van der Waals surface area contributed by atoms with Gasteiger partial charge >= 0.3 is 0 Å². The number of aryl methyl sites for hydroxylation is 1. The van der Waals surface area contributed by atoms with Crippen LogP contribution in [0, 0.1) is 6.92 Å². The van der Waals surface area contributed by atoms with Crippen molar-refractivity contribution in [2.75, 3.05) is 25.9 Å². The van der Waals surface area contributed by atoms with E-state index in [0.717, 1.165) is 5.56 Å². The van der Waals surface area contributed by atoms with Crippen LogP contribution < -0.4 is 5.73 Å². The minimum atomic E-state index is 0.400. The third kappa shape index (κ3) is 4.77. The Morgan fingerprint density at radius 3 is 2.25 bits per heavy atom. The molecule has 16 heavy (non-hydrogen) atoms. The molecule has 0 atom stereocenters. The summed E-state index contributed by atoms with van der Waals surface area (Å²) in [5.74, 6) is 0.400. The van der Waals surface area contributed by atoms with E-state index in [-0.39, 0.29) is 0 Å². The second kappa shape index (κ2) is 6.66. The van der Waals surface area contributed by atoms with Gasteiger partial charge in [0.05, 0.1) is 0 Å². The van der Waals surface area contributed by atoms with Crippen molar-refractivity contribution < 1.29 is 0 Å². The highest BCUT2D eigenvalue weighted by atomic mass is 35.5. The van der Waals surface area contributed by atoms with Gasteiger partial charge in [0.1, 0.15) is 5.82 Å². The van der Waals surface area contributed by atoms with E-state index in [1.54, 1.807) is 6.07 Å². The predicted molar refractivity (Wildman–Crippen MR) is 67.5 cm³/mol. The number of hydrogen-bond acceptors (Lipinski definition) is 4. The molecule has 0 aliphatic carbocycles. The van der Waals surface area contributed by atoms with E-state index in [1.807, 2.05) is 6.92 Å². The number of rotatable bonds is 0. The van der Waals surface area contributed by atoms with E-state index in [0.29, 0.717) is 11.0 Å². The number of nitrogen functional groups attached to an aromatic ring is 1. The average Bonchev–Trinajstić information content (AvgIpc) is 2.26. The Morgan fingerprint density at radius 1 is 1.25 bits per heavy atom. The standard InChI is InChI=1S/C6H13N.C5H6ClN3/c1-7-5-3-2-4-6-7;1-3-2-4(7)8-9-5(3)6/h2-6H2,1H3;2H,1H3,(H2,7,8). The van der Waals surface area contributed by atoms with Crippen molar-refractivity contribution in [3.63, 3.8) is 0 Å². The molecular formula is C11H19ClN4. The number of hydrogen-bond donors (Lipinski definition) is 1. The Morgan fingerprint density at radius 2 is 1.88 bits per heavy atom. The summed E-state index contributed by atoms with van der Waals surface area (Å²) in [4.78, 5) is 2.39. The number of nitrogens with two attached hydrogens (primary N) is 1. The number of piperidine rings is 1. The van der Waals surface area contributed by atoms with E-state index in [2.05, 4.69) is 22.1 Å². The zero-order valence-electron chi connectivity index (χ0n) is 9.91. The quantitative estimate of drug-likeness (QED) is 0.757. The lowest BCUT2D eigenvalue weighted by molar-refractivity contribution is 0.277. The first-order valence-corrected chi connectivity index (χ1v) is 5.91. The minimum Gasteiger partial charge on any atom is -0.382 e. The summed E-state index contributed by atoms with van der Waals surface area (Å²) in [6.07, 6.45) is 4.28. The first kappa shape index (κ1) is 13.2. The molecule has 0 radical (unpaired) electrons. The normalized spacial score (nSPS) is 16.4. The molecule has 2 N–H and O–H groups in total. The first-order chi connectivity index (χ1) is 7.59. The van der Waals surface area contributed by atoms with Gasteiger partial charge in [0, 0.05) is 0 Å². The molecule has 1 saturated heterocycles. The van der Waals surface area contributed by atoms with Crippen LogP contribution in [-0.2, 0) is 0 Å². The predicted octanol–water partition coefficient (Wildman–Crippen LogP) is 2.12. The summed E-state index contributed by atoms with van der Waals surface area (Å²) in [5, 5.41) is 7.51. The first-order valence-electron chi connectivity index (χ1n) is 5.53. The van der Waals surface area contributed by atoms with Gasteiger partial charge in [0.15, 0.2) is 5.15 Å². The highest BCUT2D eigenvalue weighted by Crippen LogP contribution is 2.10. The summed E-state index contributed by atoms with van der Waals surface area (Å²) in [5.41, 5.74) is 6.15. The monoisotopic (exact) mass is 242 g/mol. The van der Waals surface area contributed by atoms with E-state index >= 15 is 0 Å². The van der Waals surface area contributed by atoms with Crippen molar-refractivity contribution in [3.05, 3.63) is 16.8 Å². The molecule has 1 aliphatic rings. The van der Waals surface area contributed by atoms with Gasteiger partial charge in [-0.05, 0) is 51.5 Å². The lowest BCUT2D eigenvalue weighted by Gasteiger charge is -2.20. The van der Waals surface area contributed by atoms with E-state index < -0.39 is 0 Å². The molecule has 4 nitrogen and oxygen atoms in total. The van der Waals surface area contributed by atoms with Crippen LogP contribution in [0.5, 0.6) is 0 Å². The zero-order valence-corrected chi connectivity index (χ0v) is 10.7. The Kier molecular flexibility index (Phi) is 5.49. The topological polar surface area (TPSA) is 55.0 Å². The highest BCUT2D eigenvalue weighted by Gasteiger charge is 2.02. The molecule has 0 amide bonds. The Labute approximate surface area is 102 Å². The third-order valence-electron chi connectivity index (χ3n) is 2.52. The van der Waals surface area contributed by atoms with Gasteiger partial charge in [0.25, 0.3) is 0 Å². The smallest absolute Gasteiger partial charge is 0.154 e. The molecule has 1 fully saturated rings. The van der Waals surface area contributed by atoms with Crippen molar-refractivity contribution in [3.8, 4) is 0 Å². The molecule has 1 aliphatic heterocycles. The van der Waals surface area contributed by atoms with Crippen LogP contribution in [0.25, 0.3) is 0 Å². The maximum absolute atomic E-state index is 5.55. The Balaban J connectivity index is 0.000000165. The van der Waals surface area contributed by atoms with E-state index in [1.165, 1.54) is 32.4 Å². The number of aromatic nitrogens is 2. The molecule has 1 aromatic rings. The van der Waals surface area contributed by atoms with Gasteiger partial charge in [-0.2, -0.15) is 0 Å². The fourth-order valence-electron chi connectivity index (χ4n) is 1.54. The fourth-order valence-corrected chi connectivity index (χ4v) is 1.64. The average molecular weight is 243 g/mol. The molecule has 1 aromatic heterocycles. The van der Waals surface area contributed by atoms with E-state index in [9.17, 15) is 0 Å². The second-order valence-corrected chi connectivity index (χ2v) is 4.46. The SMILES string of the molecule is CN1CCCCC1.Cc1cc(N)nnc1Cl. The minimum absolute atomic E-state index is 0.400. The van der Waals surface area contributed by atoms with Gasteiger partial charge in [-0.1, -0.05) is 18.0 Å². The molecule has 0 bridgehead atoms. The van der Waals surface area contributed by atoms with Gasteiger partial charge in [0.2, 0.25) is 0 Å². The number of nitrogens with zero attached hydrogens (tertiary/aromatic N) is 3. The third-order valence-corrected chi connectivity index (χ3v) is 2.90. The molecule has 0 aromatic carbocycles. The molecule has 5 heteroatoms. The van der Waals surface area contributed by atoms with Crippen molar-refractivity contribution >= 4 is 17.4 Å². The summed E-state index contributed by atoms with van der Waals surface area (Å²) >= 11 is 5.55. The number of halogens is 1. The molecular weight excluding hydrogens is 224 g/mol. The lowest BCUT2D eigenvalue weighted by atomic mass is 10.1. The molecule has 2 rings (SSSR count). The number of likely N-dealkylation sites (tertiary alicyclic amines) is 1. The van der Waals surface area contributed by atoms with Crippen LogP contribution in [0.2, 0.25) is 5.15 Å². The van der Waals surface area contributed by atoms with Crippen LogP contribution in [0.15, 0.2) is 6.07 Å². The zero-order chi connectivity index (χ0) is 12.0. The molecule has 90 valence electrons. The maximum atomic E-state index is 5.55. The Bertz CT molecular complexity index is 324. The summed E-state index contributed by atoms with van der Waals surface area (Å²) in [6.45, 7) is 4.47. The van der Waals surface area contributed by atoms with Crippen molar-refractivity contribution in [1.82, 2.24) is 15.1 Å². The molecule has 2 heterocycles. The van der Waals surface area contributed by atoms with Gasteiger partial charge in [-0.3, -0.25) is 0 Å². The van der Waals surface area contributed by atoms with Crippen LogP contribution in [-0.4, -0.2) is 35.2 Å². The number of anilines is 1.